The van der Waals surface area contributed by atoms with Crippen molar-refractivity contribution in [3.8, 4) is 17.6 Å². The van der Waals surface area contributed by atoms with Crippen molar-refractivity contribution in [2.75, 3.05) is 33.4 Å². The van der Waals surface area contributed by atoms with Crippen LogP contribution in [0.1, 0.15) is 48.5 Å². The van der Waals surface area contributed by atoms with Gasteiger partial charge in [-0.25, -0.2) is 13.2 Å². The lowest BCUT2D eigenvalue weighted by atomic mass is 9.74. The molecule has 0 bridgehead atoms. The number of aliphatic hydroxyl groups excluding tert-OH is 3. The molecule has 0 saturated carbocycles. The lowest BCUT2D eigenvalue weighted by Crippen LogP contribution is -2.42. The summed E-state index contributed by atoms with van der Waals surface area (Å²) in [6.45, 7) is 1.41. The number of piperidine rings is 1. The van der Waals surface area contributed by atoms with E-state index in [-0.39, 0.29) is 24.2 Å². The molecular weight excluding hydrogens is 497 g/mol. The summed E-state index contributed by atoms with van der Waals surface area (Å²) < 4.78 is 45.2. The normalized spacial score (nSPS) is 16.2. The van der Waals surface area contributed by atoms with Gasteiger partial charge in [-0.15, -0.1) is 0 Å². The first-order valence-electron chi connectivity index (χ1n) is 12.5. The van der Waals surface area contributed by atoms with Crippen LogP contribution < -0.4 is 4.74 Å². The molecule has 1 saturated heterocycles. The van der Waals surface area contributed by atoms with Gasteiger partial charge in [0.2, 0.25) is 0 Å². The first-order valence-corrected chi connectivity index (χ1v) is 12.5. The fraction of sp³-hybridized carbons (Fsp3) is 0.414. The van der Waals surface area contributed by atoms with Gasteiger partial charge in [-0.3, -0.25) is 9.88 Å². The second kappa shape index (κ2) is 12.1. The molecule has 0 aliphatic carbocycles. The topological polar surface area (TPSA) is 86.0 Å². The van der Waals surface area contributed by atoms with Crippen molar-refractivity contribution in [3.05, 3.63) is 70.7 Å². The Kier molecular flexibility index (Phi) is 8.90. The van der Waals surface area contributed by atoms with Crippen molar-refractivity contribution in [3.63, 3.8) is 0 Å². The standard InChI is InChI=1S/C29H31F3N2O4/c1-38-21-4-5-25-22(15-21)27(20(17-35)16-33-25)26(37)6-7-29(18-36)8-11-34(12-9-29)10-2-3-19-13-23(30)28(32)24(31)14-19/h4-5,13-16,26,35-37H,6-12,17-18H2,1H3/t26-/m1/s1. The van der Waals surface area contributed by atoms with E-state index < -0.39 is 23.6 Å². The molecule has 1 atom stereocenters. The van der Waals surface area contributed by atoms with Crippen LogP contribution in [-0.2, 0) is 6.61 Å². The minimum Gasteiger partial charge on any atom is -0.497 e. The number of hydrogen-bond donors (Lipinski definition) is 3. The molecule has 0 radical (unpaired) electrons. The van der Waals surface area contributed by atoms with Gasteiger partial charge < -0.3 is 20.1 Å². The molecule has 38 heavy (non-hydrogen) atoms. The Bertz CT molecular complexity index is 1320. The van der Waals surface area contributed by atoms with Gasteiger partial charge in [-0.2, -0.15) is 0 Å². The molecule has 2 aromatic carbocycles. The third-order valence-corrected chi connectivity index (χ3v) is 7.42. The monoisotopic (exact) mass is 528 g/mol. The van der Waals surface area contributed by atoms with E-state index in [1.807, 2.05) is 6.07 Å². The van der Waals surface area contributed by atoms with Crippen LogP contribution in [0.15, 0.2) is 36.5 Å². The van der Waals surface area contributed by atoms with Gasteiger partial charge in [0.1, 0.15) is 5.75 Å². The number of ether oxygens (including phenoxy) is 1. The number of rotatable bonds is 8. The van der Waals surface area contributed by atoms with Crippen molar-refractivity contribution < 1.29 is 33.2 Å². The highest BCUT2D eigenvalue weighted by Gasteiger charge is 2.34. The molecule has 1 aliphatic rings. The van der Waals surface area contributed by atoms with Crippen LogP contribution in [0.5, 0.6) is 5.75 Å². The first kappa shape index (κ1) is 27.9. The lowest BCUT2D eigenvalue weighted by Gasteiger charge is -2.40. The van der Waals surface area contributed by atoms with Gasteiger partial charge in [0, 0.05) is 29.3 Å². The Morgan fingerprint density at radius 3 is 2.45 bits per heavy atom. The number of halogens is 3. The molecule has 3 aromatic rings. The molecule has 0 unspecified atom stereocenters. The summed E-state index contributed by atoms with van der Waals surface area (Å²) >= 11 is 0. The van der Waals surface area contributed by atoms with Gasteiger partial charge in [-0.05, 0) is 80.1 Å². The maximum absolute atomic E-state index is 13.4. The molecule has 1 fully saturated rings. The second-order valence-corrected chi connectivity index (χ2v) is 9.78. The summed E-state index contributed by atoms with van der Waals surface area (Å²) in [7, 11) is 1.56. The van der Waals surface area contributed by atoms with E-state index in [1.54, 1.807) is 25.4 Å². The van der Waals surface area contributed by atoms with Crippen molar-refractivity contribution in [2.24, 2.45) is 5.41 Å². The first-order chi connectivity index (χ1) is 18.3. The van der Waals surface area contributed by atoms with Crippen molar-refractivity contribution in [2.45, 2.75) is 38.4 Å². The number of benzene rings is 2. The maximum Gasteiger partial charge on any atom is 0.194 e. The lowest BCUT2D eigenvalue weighted by molar-refractivity contribution is 0.0271. The molecule has 1 aromatic heterocycles. The molecule has 9 heteroatoms. The highest BCUT2D eigenvalue weighted by atomic mass is 19.2. The third kappa shape index (κ3) is 6.11. The molecule has 2 heterocycles. The fourth-order valence-corrected chi connectivity index (χ4v) is 5.02. The number of nitrogens with zero attached hydrogens (tertiary/aromatic N) is 2. The van der Waals surface area contributed by atoms with Crippen LogP contribution in [0.4, 0.5) is 13.2 Å². The molecule has 4 rings (SSSR count). The van der Waals surface area contributed by atoms with Gasteiger partial charge >= 0.3 is 0 Å². The molecule has 0 spiro atoms. The number of aliphatic hydroxyl groups is 3. The highest BCUT2D eigenvalue weighted by Crippen LogP contribution is 2.39. The number of pyridine rings is 1. The summed E-state index contributed by atoms with van der Waals surface area (Å²) in [5.41, 5.74) is 1.56. The predicted octanol–water partition coefficient (Wildman–Crippen LogP) is 4.09. The van der Waals surface area contributed by atoms with E-state index in [0.717, 1.165) is 17.5 Å². The van der Waals surface area contributed by atoms with Crippen LogP contribution in [0.3, 0.4) is 0 Å². The zero-order valence-corrected chi connectivity index (χ0v) is 21.2. The Labute approximate surface area is 219 Å². The van der Waals surface area contributed by atoms with Crippen LogP contribution in [0.25, 0.3) is 10.9 Å². The molecule has 1 aliphatic heterocycles. The SMILES string of the molecule is COc1ccc2ncc(CO)c([C@H](O)CCC3(CO)CCN(CC#Cc4cc(F)c(F)c(F)c4)CC3)c2c1. The van der Waals surface area contributed by atoms with E-state index in [1.165, 1.54) is 0 Å². The van der Waals surface area contributed by atoms with Crippen molar-refractivity contribution in [1.29, 1.82) is 0 Å². The minimum absolute atomic E-state index is 0.0227. The molecule has 202 valence electrons. The zero-order valence-electron chi connectivity index (χ0n) is 21.2. The molecular formula is C29H31F3N2O4. The van der Waals surface area contributed by atoms with Crippen LogP contribution in [-0.4, -0.2) is 58.6 Å². The summed E-state index contributed by atoms with van der Waals surface area (Å²) in [6, 6.07) is 7.14. The summed E-state index contributed by atoms with van der Waals surface area (Å²) in [5.74, 6) is 2.12. The van der Waals surface area contributed by atoms with Gasteiger partial charge in [0.15, 0.2) is 17.5 Å². The number of aromatic nitrogens is 1. The predicted molar refractivity (Wildman–Crippen MR) is 137 cm³/mol. The van der Waals surface area contributed by atoms with Crippen molar-refractivity contribution in [1.82, 2.24) is 9.88 Å². The Hall–Kier alpha value is -3.16. The van der Waals surface area contributed by atoms with Crippen molar-refractivity contribution >= 4 is 10.9 Å². The fourth-order valence-electron chi connectivity index (χ4n) is 5.02. The van der Waals surface area contributed by atoms with Gasteiger partial charge in [-0.1, -0.05) is 11.8 Å². The largest absolute Gasteiger partial charge is 0.497 e. The number of fused-ring (bicyclic) bond motifs is 1. The van der Waals surface area contributed by atoms with Crippen LogP contribution >= 0.6 is 0 Å². The summed E-state index contributed by atoms with van der Waals surface area (Å²) in [4.78, 5) is 6.46. The van der Waals surface area contributed by atoms with Gasteiger partial charge in [0.05, 0.1) is 31.9 Å². The Balaban J connectivity index is 1.39. The summed E-state index contributed by atoms with van der Waals surface area (Å²) in [6.07, 6.45) is 3.06. The number of methoxy groups -OCH3 is 1. The third-order valence-electron chi connectivity index (χ3n) is 7.42. The van der Waals surface area contributed by atoms with E-state index >= 15 is 0 Å². The van der Waals surface area contributed by atoms with E-state index in [4.69, 9.17) is 4.74 Å². The Morgan fingerprint density at radius 1 is 1.11 bits per heavy atom. The maximum atomic E-state index is 13.4. The van der Waals surface area contributed by atoms with Gasteiger partial charge in [0.25, 0.3) is 0 Å². The molecule has 0 amide bonds. The number of hydrogen-bond acceptors (Lipinski definition) is 6. The van der Waals surface area contributed by atoms with Crippen LogP contribution in [0.2, 0.25) is 0 Å². The zero-order chi connectivity index (χ0) is 27.3. The quantitative estimate of drug-likeness (QED) is 0.302. The second-order valence-electron chi connectivity index (χ2n) is 9.78. The van der Waals surface area contributed by atoms with Crippen LogP contribution in [0, 0.1) is 34.7 Å². The van der Waals surface area contributed by atoms with E-state index in [9.17, 15) is 28.5 Å². The highest BCUT2D eigenvalue weighted by molar-refractivity contribution is 5.85. The summed E-state index contributed by atoms with van der Waals surface area (Å²) in [5, 5.41) is 32.1. The molecule has 3 N–H and O–H groups in total. The average molecular weight is 529 g/mol. The Morgan fingerprint density at radius 2 is 1.82 bits per heavy atom. The minimum atomic E-state index is -1.51. The van der Waals surface area contributed by atoms with E-state index in [2.05, 4.69) is 21.7 Å². The smallest absolute Gasteiger partial charge is 0.194 e. The average Bonchev–Trinajstić information content (AvgIpc) is 2.94. The molecule has 6 nitrogen and oxygen atoms in total. The van der Waals surface area contributed by atoms with E-state index in [0.29, 0.717) is 67.7 Å². The number of likely N-dealkylation sites (tertiary alicyclic amines) is 1.